The van der Waals surface area contributed by atoms with Gasteiger partial charge in [0.2, 0.25) is 0 Å². The number of rotatable bonds is 3. The Morgan fingerprint density at radius 2 is 2.21 bits per heavy atom. The van der Waals surface area contributed by atoms with Crippen molar-refractivity contribution in [1.29, 1.82) is 0 Å². The molecule has 1 aromatic carbocycles. The monoisotopic (exact) mass is 189 g/mol. The summed E-state index contributed by atoms with van der Waals surface area (Å²) >= 11 is 0. The van der Waals surface area contributed by atoms with E-state index < -0.39 is 0 Å². The van der Waals surface area contributed by atoms with Gasteiger partial charge in [-0.2, -0.15) is 0 Å². The fraction of sp³-hybridized carbons (Fsp3) is 0.417. The van der Waals surface area contributed by atoms with Crippen LogP contribution in [0.2, 0.25) is 0 Å². The van der Waals surface area contributed by atoms with Crippen LogP contribution < -0.4 is 4.74 Å². The Morgan fingerprint density at radius 3 is 3.07 bits per heavy atom. The molecule has 0 amide bonds. The highest BCUT2D eigenvalue weighted by Crippen LogP contribution is 2.30. The molecular weight excluding hydrogens is 174 g/mol. The van der Waals surface area contributed by atoms with Gasteiger partial charge in [0, 0.05) is 6.21 Å². The molecule has 1 heterocycles. The van der Waals surface area contributed by atoms with Crippen molar-refractivity contribution < 1.29 is 4.74 Å². The lowest BCUT2D eigenvalue weighted by molar-refractivity contribution is 0.253. The molecule has 0 spiro atoms. The molecule has 2 nitrogen and oxygen atoms in total. The minimum atomic E-state index is 0.171. The lowest BCUT2D eigenvalue weighted by atomic mass is 10.1. The molecule has 2 heteroatoms. The maximum absolute atomic E-state index is 5.78. The van der Waals surface area contributed by atoms with Crippen molar-refractivity contribution in [3.8, 4) is 5.75 Å². The summed E-state index contributed by atoms with van der Waals surface area (Å²) in [4.78, 5) is 4.38. The molecule has 0 bridgehead atoms. The second kappa shape index (κ2) is 4.27. The zero-order valence-electron chi connectivity index (χ0n) is 8.44. The van der Waals surface area contributed by atoms with E-state index in [0.717, 1.165) is 17.9 Å². The third kappa shape index (κ3) is 1.95. The topological polar surface area (TPSA) is 21.6 Å². The molecule has 14 heavy (non-hydrogen) atoms. The van der Waals surface area contributed by atoms with E-state index >= 15 is 0 Å². The Balaban J connectivity index is 2.06. The van der Waals surface area contributed by atoms with Crippen molar-refractivity contribution >= 4 is 11.9 Å². The lowest BCUT2D eigenvalue weighted by Crippen LogP contribution is -2.20. The third-order valence-corrected chi connectivity index (χ3v) is 2.37. The summed E-state index contributed by atoms with van der Waals surface area (Å²) < 4.78 is 5.78. The predicted molar refractivity (Wildman–Crippen MR) is 58.5 cm³/mol. The number of unbranched alkanes of at least 4 members (excludes halogenated alkanes) is 1. The van der Waals surface area contributed by atoms with Gasteiger partial charge in [-0.1, -0.05) is 25.5 Å². The van der Waals surface area contributed by atoms with E-state index in [9.17, 15) is 0 Å². The van der Waals surface area contributed by atoms with Crippen LogP contribution in [-0.4, -0.2) is 12.3 Å². The quantitative estimate of drug-likeness (QED) is 0.714. The highest BCUT2D eigenvalue weighted by Gasteiger charge is 2.14. The first-order valence-corrected chi connectivity index (χ1v) is 5.20. The fourth-order valence-electron chi connectivity index (χ4n) is 1.56. The number of para-hydroxylation sites is 2. The third-order valence-electron chi connectivity index (χ3n) is 2.37. The van der Waals surface area contributed by atoms with Crippen LogP contribution >= 0.6 is 0 Å². The largest absolute Gasteiger partial charge is 0.483 e. The minimum Gasteiger partial charge on any atom is -0.483 e. The standard InChI is InChI=1S/C12H15NO/c1-2-3-6-10-9-13-11-7-4-5-8-12(11)14-10/h4-5,7-10H,2-3,6H2,1H3. The maximum Gasteiger partial charge on any atom is 0.145 e. The number of aliphatic imine (C=N–C) groups is 1. The Hall–Kier alpha value is -1.31. The average molecular weight is 189 g/mol. The summed E-state index contributed by atoms with van der Waals surface area (Å²) in [5.41, 5.74) is 0.945. The van der Waals surface area contributed by atoms with Gasteiger partial charge in [-0.3, -0.25) is 4.99 Å². The normalized spacial score (nSPS) is 18.8. The van der Waals surface area contributed by atoms with Gasteiger partial charge in [-0.15, -0.1) is 0 Å². The molecule has 1 aliphatic heterocycles. The Morgan fingerprint density at radius 1 is 1.36 bits per heavy atom. The van der Waals surface area contributed by atoms with Gasteiger partial charge in [0.1, 0.15) is 17.5 Å². The van der Waals surface area contributed by atoms with E-state index in [1.165, 1.54) is 12.8 Å². The summed E-state index contributed by atoms with van der Waals surface area (Å²) in [5.74, 6) is 0.913. The smallest absolute Gasteiger partial charge is 0.145 e. The summed E-state index contributed by atoms with van der Waals surface area (Å²) in [5, 5.41) is 0. The van der Waals surface area contributed by atoms with Crippen LogP contribution in [0, 0.1) is 0 Å². The first-order chi connectivity index (χ1) is 6.90. The van der Waals surface area contributed by atoms with Crippen LogP contribution in [0.5, 0.6) is 5.75 Å². The average Bonchev–Trinajstić information content (AvgIpc) is 2.26. The molecule has 0 aliphatic carbocycles. The summed E-state index contributed by atoms with van der Waals surface area (Å²) in [6, 6.07) is 7.91. The molecule has 0 saturated heterocycles. The van der Waals surface area contributed by atoms with E-state index in [4.69, 9.17) is 4.74 Å². The van der Waals surface area contributed by atoms with Crippen molar-refractivity contribution in [3.05, 3.63) is 24.3 Å². The van der Waals surface area contributed by atoms with Crippen molar-refractivity contribution in [1.82, 2.24) is 0 Å². The zero-order valence-corrected chi connectivity index (χ0v) is 8.44. The first-order valence-electron chi connectivity index (χ1n) is 5.20. The summed E-state index contributed by atoms with van der Waals surface area (Å²) in [6.45, 7) is 2.19. The molecule has 2 rings (SSSR count). The number of fused-ring (bicyclic) bond motifs is 1. The van der Waals surface area contributed by atoms with E-state index in [2.05, 4.69) is 11.9 Å². The van der Waals surface area contributed by atoms with Crippen molar-refractivity contribution in [2.45, 2.75) is 32.3 Å². The molecule has 74 valence electrons. The second-order valence-electron chi connectivity index (χ2n) is 3.54. The number of ether oxygens (including phenoxy) is 1. The lowest BCUT2D eigenvalue weighted by Gasteiger charge is -2.20. The van der Waals surface area contributed by atoms with Crippen LogP contribution in [-0.2, 0) is 0 Å². The van der Waals surface area contributed by atoms with Crippen LogP contribution in [0.4, 0.5) is 5.69 Å². The highest BCUT2D eigenvalue weighted by molar-refractivity contribution is 5.73. The van der Waals surface area contributed by atoms with Gasteiger partial charge in [-0.25, -0.2) is 0 Å². The van der Waals surface area contributed by atoms with Crippen molar-refractivity contribution in [2.75, 3.05) is 0 Å². The van der Waals surface area contributed by atoms with Gasteiger partial charge < -0.3 is 4.74 Å². The summed E-state index contributed by atoms with van der Waals surface area (Å²) in [6.07, 6.45) is 5.55. The Labute approximate surface area is 84.6 Å². The molecule has 0 N–H and O–H groups in total. The molecule has 1 aromatic rings. The zero-order chi connectivity index (χ0) is 9.80. The highest BCUT2D eigenvalue weighted by atomic mass is 16.5. The molecule has 1 atom stereocenters. The molecule has 1 aliphatic rings. The molecule has 0 aromatic heterocycles. The van der Waals surface area contributed by atoms with Gasteiger partial charge in [0.15, 0.2) is 0 Å². The number of hydrogen-bond acceptors (Lipinski definition) is 2. The number of hydrogen-bond donors (Lipinski definition) is 0. The van der Waals surface area contributed by atoms with E-state index in [1.807, 2.05) is 30.5 Å². The van der Waals surface area contributed by atoms with Gasteiger partial charge >= 0.3 is 0 Å². The van der Waals surface area contributed by atoms with E-state index in [-0.39, 0.29) is 6.10 Å². The number of nitrogens with zero attached hydrogens (tertiary/aromatic N) is 1. The molecule has 1 unspecified atom stereocenters. The molecule has 0 saturated carbocycles. The second-order valence-corrected chi connectivity index (χ2v) is 3.54. The Kier molecular flexibility index (Phi) is 2.82. The predicted octanol–water partition coefficient (Wildman–Crippen LogP) is 3.34. The van der Waals surface area contributed by atoms with Crippen LogP contribution in [0.25, 0.3) is 0 Å². The van der Waals surface area contributed by atoms with Crippen LogP contribution in [0.15, 0.2) is 29.3 Å². The van der Waals surface area contributed by atoms with E-state index in [1.54, 1.807) is 0 Å². The van der Waals surface area contributed by atoms with Gasteiger partial charge in [0.05, 0.1) is 0 Å². The SMILES string of the molecule is CCCCC1C=Nc2ccccc2O1. The first kappa shape index (κ1) is 9.25. The van der Waals surface area contributed by atoms with Crippen molar-refractivity contribution in [3.63, 3.8) is 0 Å². The van der Waals surface area contributed by atoms with E-state index in [0.29, 0.717) is 0 Å². The minimum absolute atomic E-state index is 0.171. The fourth-order valence-corrected chi connectivity index (χ4v) is 1.56. The van der Waals surface area contributed by atoms with Crippen LogP contribution in [0.3, 0.4) is 0 Å². The van der Waals surface area contributed by atoms with Crippen molar-refractivity contribution in [2.24, 2.45) is 4.99 Å². The summed E-state index contributed by atoms with van der Waals surface area (Å²) in [7, 11) is 0. The van der Waals surface area contributed by atoms with Gasteiger partial charge in [0.25, 0.3) is 0 Å². The number of benzene rings is 1. The Bertz CT molecular complexity index is 333. The van der Waals surface area contributed by atoms with Crippen LogP contribution in [0.1, 0.15) is 26.2 Å². The molecule has 0 fully saturated rings. The maximum atomic E-state index is 5.78. The molecule has 0 radical (unpaired) electrons. The molecular formula is C12H15NO. The van der Waals surface area contributed by atoms with Gasteiger partial charge in [-0.05, 0) is 25.0 Å².